The molecule has 2 N–H and O–H groups in total. The summed E-state index contributed by atoms with van der Waals surface area (Å²) in [6.45, 7) is 0. The average Bonchev–Trinajstić information content (AvgIpc) is 3.00. The van der Waals surface area contributed by atoms with Crippen molar-refractivity contribution < 1.29 is 14.6 Å². The molecule has 4 unspecified atom stereocenters. The predicted molar refractivity (Wildman–Crippen MR) is 158 cm³/mol. The number of anilines is 2. The molecule has 0 heterocycles. The number of carbonyl (C=O) groups is 1. The molecule has 0 saturated heterocycles. The molecule has 41 heavy (non-hydrogen) atoms. The number of carbonyl (C=O) groups excluding carboxylic acids is 1. The van der Waals surface area contributed by atoms with Crippen molar-refractivity contribution in [3.05, 3.63) is 141 Å². The van der Waals surface area contributed by atoms with E-state index in [4.69, 9.17) is 0 Å². The zero-order valence-electron chi connectivity index (χ0n) is 22.3. The van der Waals surface area contributed by atoms with Crippen LogP contribution in [-0.2, 0) is 4.79 Å². The lowest BCUT2D eigenvalue weighted by molar-refractivity contribution is -0.385. The maximum atomic E-state index is 14.4. The third kappa shape index (κ3) is 6.41. The third-order valence-corrected chi connectivity index (χ3v) is 7.68. The van der Waals surface area contributed by atoms with Crippen LogP contribution in [0.2, 0.25) is 0 Å². The summed E-state index contributed by atoms with van der Waals surface area (Å²) in [5, 5.41) is 29.6. The van der Waals surface area contributed by atoms with Crippen LogP contribution in [0.15, 0.2) is 109 Å². The molecular weight excluding hydrogens is 520 g/mol. The SMILES string of the molecule is O=C1C(C(Nc2ccccc2)c2ccc([N+](=O)[O-])cc2)CCCC1C(Nc1ccccc1)c1ccc([N+](=O)[O-])cc1. The minimum absolute atomic E-state index is 0.00893. The van der Waals surface area contributed by atoms with Crippen LogP contribution in [0.5, 0.6) is 0 Å². The molecular formula is C32H30N4O5. The van der Waals surface area contributed by atoms with Crippen LogP contribution in [0.4, 0.5) is 22.7 Å². The molecule has 1 aliphatic carbocycles. The molecule has 0 bridgehead atoms. The second-order valence-electron chi connectivity index (χ2n) is 10.2. The highest BCUT2D eigenvalue weighted by molar-refractivity contribution is 5.87. The minimum atomic E-state index is -0.435. The molecule has 9 nitrogen and oxygen atoms in total. The van der Waals surface area contributed by atoms with Crippen molar-refractivity contribution in [3.8, 4) is 0 Å². The van der Waals surface area contributed by atoms with E-state index in [2.05, 4.69) is 10.6 Å². The number of ketones is 1. The van der Waals surface area contributed by atoms with Crippen molar-refractivity contribution >= 4 is 28.5 Å². The van der Waals surface area contributed by atoms with Gasteiger partial charge in [0.15, 0.2) is 0 Å². The lowest BCUT2D eigenvalue weighted by atomic mass is 9.71. The maximum Gasteiger partial charge on any atom is 0.269 e. The van der Waals surface area contributed by atoms with Crippen molar-refractivity contribution in [3.63, 3.8) is 0 Å². The zero-order valence-corrected chi connectivity index (χ0v) is 22.3. The number of nitro groups is 2. The Labute approximate surface area is 237 Å². The molecule has 0 aromatic heterocycles. The number of non-ortho nitro benzene ring substituents is 2. The van der Waals surface area contributed by atoms with Crippen LogP contribution >= 0.6 is 0 Å². The number of Topliss-reactive ketones (excluding diaryl/α,β-unsaturated/α-hetero) is 1. The quantitative estimate of drug-likeness (QED) is 0.155. The standard InChI is InChI=1S/C32H30N4O5/c37-32-28(30(33-24-8-3-1-4-9-24)22-14-18-26(19-15-22)35(38)39)12-7-13-29(32)31(34-25-10-5-2-6-11-25)23-16-20-27(21-17-23)36(40)41/h1-6,8-11,14-21,28-31,33-34H,7,12-13H2. The normalized spacial score (nSPS) is 18.2. The fraction of sp³-hybridized carbons (Fsp3) is 0.219. The summed E-state index contributed by atoms with van der Waals surface area (Å²) in [4.78, 5) is 36.1. The lowest BCUT2D eigenvalue weighted by Gasteiger charge is -2.38. The Morgan fingerprint density at radius 1 is 0.585 bits per heavy atom. The first-order chi connectivity index (χ1) is 19.9. The highest BCUT2D eigenvalue weighted by Gasteiger charge is 2.41. The van der Waals surface area contributed by atoms with Gasteiger partial charge >= 0.3 is 0 Å². The van der Waals surface area contributed by atoms with Crippen LogP contribution < -0.4 is 10.6 Å². The molecule has 4 aromatic rings. The Hall–Kier alpha value is -5.05. The van der Waals surface area contributed by atoms with Crippen molar-refractivity contribution in [1.29, 1.82) is 0 Å². The third-order valence-electron chi connectivity index (χ3n) is 7.68. The largest absolute Gasteiger partial charge is 0.378 e. The van der Waals surface area contributed by atoms with E-state index < -0.39 is 33.8 Å². The van der Waals surface area contributed by atoms with Crippen molar-refractivity contribution in [1.82, 2.24) is 0 Å². The van der Waals surface area contributed by atoms with E-state index in [1.165, 1.54) is 24.3 Å². The van der Waals surface area contributed by atoms with Crippen LogP contribution in [0, 0.1) is 32.1 Å². The number of nitro benzene ring substituents is 2. The molecule has 0 radical (unpaired) electrons. The van der Waals surface area contributed by atoms with Crippen molar-refractivity contribution in [2.75, 3.05) is 10.6 Å². The van der Waals surface area contributed by atoms with Crippen molar-refractivity contribution in [2.45, 2.75) is 31.3 Å². The van der Waals surface area contributed by atoms with Gasteiger partial charge in [-0.15, -0.1) is 0 Å². The number of para-hydroxylation sites is 2. The molecule has 9 heteroatoms. The lowest BCUT2D eigenvalue weighted by Crippen LogP contribution is -2.39. The van der Waals surface area contributed by atoms with E-state index in [-0.39, 0.29) is 17.2 Å². The Morgan fingerprint density at radius 2 is 0.951 bits per heavy atom. The van der Waals surface area contributed by atoms with E-state index in [0.717, 1.165) is 28.9 Å². The zero-order chi connectivity index (χ0) is 28.8. The van der Waals surface area contributed by atoms with Gasteiger partial charge in [-0.25, -0.2) is 0 Å². The number of rotatable bonds is 10. The summed E-state index contributed by atoms with van der Waals surface area (Å²) >= 11 is 0. The fourth-order valence-corrected chi connectivity index (χ4v) is 5.65. The van der Waals surface area contributed by atoms with Gasteiger partial charge in [0.2, 0.25) is 0 Å². The molecule has 5 rings (SSSR count). The van der Waals surface area contributed by atoms with Gasteiger partial charge in [0, 0.05) is 47.5 Å². The summed E-state index contributed by atoms with van der Waals surface area (Å²) in [6, 6.07) is 31.1. The Bertz CT molecular complexity index is 1380. The van der Waals surface area contributed by atoms with Crippen LogP contribution in [0.1, 0.15) is 42.5 Å². The van der Waals surface area contributed by atoms with Crippen LogP contribution in [-0.4, -0.2) is 15.6 Å². The van der Waals surface area contributed by atoms with Gasteiger partial charge in [0.05, 0.1) is 21.9 Å². The molecule has 1 fully saturated rings. The second-order valence-corrected chi connectivity index (χ2v) is 10.2. The summed E-state index contributed by atoms with van der Waals surface area (Å²) in [7, 11) is 0. The van der Waals surface area contributed by atoms with Gasteiger partial charge in [-0.05, 0) is 48.2 Å². The highest BCUT2D eigenvalue weighted by Crippen LogP contribution is 2.42. The van der Waals surface area contributed by atoms with E-state index in [9.17, 15) is 25.0 Å². The Morgan fingerprint density at radius 3 is 1.29 bits per heavy atom. The molecule has 0 amide bonds. The molecule has 0 spiro atoms. The van der Waals surface area contributed by atoms with E-state index in [1.54, 1.807) is 24.3 Å². The molecule has 0 aliphatic heterocycles. The fourth-order valence-electron chi connectivity index (χ4n) is 5.65. The topological polar surface area (TPSA) is 127 Å². The van der Waals surface area contributed by atoms with Gasteiger partial charge in [0.1, 0.15) is 5.78 Å². The number of nitrogens with one attached hydrogen (secondary N) is 2. The van der Waals surface area contributed by atoms with Crippen LogP contribution in [0.3, 0.4) is 0 Å². The molecule has 4 atom stereocenters. The van der Waals surface area contributed by atoms with E-state index >= 15 is 0 Å². The number of hydrogen-bond donors (Lipinski definition) is 2. The second kappa shape index (κ2) is 12.4. The average molecular weight is 551 g/mol. The summed E-state index contributed by atoms with van der Waals surface area (Å²) in [5.41, 5.74) is 3.26. The summed E-state index contributed by atoms with van der Waals surface area (Å²) < 4.78 is 0. The summed E-state index contributed by atoms with van der Waals surface area (Å²) in [6.07, 6.45) is 2.13. The van der Waals surface area contributed by atoms with Gasteiger partial charge in [-0.3, -0.25) is 25.0 Å². The number of benzene rings is 4. The Balaban J connectivity index is 1.50. The Kier molecular flexibility index (Phi) is 8.34. The van der Waals surface area contributed by atoms with Crippen molar-refractivity contribution in [2.24, 2.45) is 11.8 Å². The first kappa shape index (κ1) is 27.5. The van der Waals surface area contributed by atoms with Gasteiger partial charge < -0.3 is 10.6 Å². The maximum absolute atomic E-state index is 14.4. The van der Waals surface area contributed by atoms with Crippen LogP contribution in [0.25, 0.3) is 0 Å². The molecule has 4 aromatic carbocycles. The van der Waals surface area contributed by atoms with Gasteiger partial charge in [-0.1, -0.05) is 67.1 Å². The minimum Gasteiger partial charge on any atom is -0.378 e. The van der Waals surface area contributed by atoms with E-state index in [1.807, 2.05) is 60.7 Å². The predicted octanol–water partition coefficient (Wildman–Crippen LogP) is 7.50. The summed E-state index contributed by atoms with van der Waals surface area (Å²) in [5.74, 6) is -0.711. The van der Waals surface area contributed by atoms with Gasteiger partial charge in [-0.2, -0.15) is 0 Å². The highest BCUT2D eigenvalue weighted by atomic mass is 16.6. The molecule has 1 aliphatic rings. The first-order valence-corrected chi connectivity index (χ1v) is 13.6. The number of hydrogen-bond acceptors (Lipinski definition) is 7. The smallest absolute Gasteiger partial charge is 0.269 e. The molecule has 1 saturated carbocycles. The van der Waals surface area contributed by atoms with E-state index in [0.29, 0.717) is 12.8 Å². The van der Waals surface area contributed by atoms with Gasteiger partial charge in [0.25, 0.3) is 11.4 Å². The first-order valence-electron chi connectivity index (χ1n) is 13.6. The monoisotopic (exact) mass is 550 g/mol. The molecule has 208 valence electrons. The number of nitrogens with zero attached hydrogens (tertiary/aromatic N) is 2.